The highest BCUT2D eigenvalue weighted by Gasteiger charge is 2.96. The van der Waals surface area contributed by atoms with Crippen LogP contribution in [-0.2, 0) is 0 Å². The van der Waals surface area contributed by atoms with Crippen molar-refractivity contribution in [1.82, 2.24) is 0 Å². The van der Waals surface area contributed by atoms with Gasteiger partial charge >= 0.3 is 65.7 Å². The van der Waals surface area contributed by atoms with Crippen LogP contribution < -0.4 is 14.2 Å². The summed E-state index contributed by atoms with van der Waals surface area (Å²) < 4.78 is 287. The van der Waals surface area contributed by atoms with Crippen LogP contribution in [0.5, 0.6) is 17.2 Å². The summed E-state index contributed by atoms with van der Waals surface area (Å²) in [5.41, 5.74) is -0.0693. The summed E-state index contributed by atoms with van der Waals surface area (Å²) in [6, 6.07) is 7.71. The molecule has 0 atom stereocenters. The molecule has 0 fully saturated rings. The zero-order valence-corrected chi connectivity index (χ0v) is 26.6. The average molecular weight is 828 g/mol. The van der Waals surface area contributed by atoms with Crippen LogP contribution in [0.1, 0.15) is 43.0 Å². The Bertz CT molecular complexity index is 1540. The third kappa shape index (κ3) is 8.06. The lowest BCUT2D eigenvalue weighted by Crippen LogP contribution is -2.76. The van der Waals surface area contributed by atoms with Gasteiger partial charge in [0.2, 0.25) is 0 Å². The van der Waals surface area contributed by atoms with Gasteiger partial charge in [-0.05, 0) is 55.0 Å². The molecule has 0 radical (unpaired) electrons. The predicted molar refractivity (Wildman–Crippen MR) is 144 cm³/mol. The van der Waals surface area contributed by atoms with E-state index in [0.717, 1.165) is 25.7 Å². The molecule has 54 heavy (non-hydrogen) atoms. The van der Waals surface area contributed by atoms with Gasteiger partial charge in [0, 0.05) is 0 Å². The smallest absolute Gasteiger partial charge is 0.385 e. The van der Waals surface area contributed by atoms with Crippen LogP contribution in [0.2, 0.25) is 0 Å². The zero-order chi connectivity index (χ0) is 42.0. The van der Waals surface area contributed by atoms with Gasteiger partial charge in [-0.15, -0.1) is 0 Å². The van der Waals surface area contributed by atoms with E-state index in [-0.39, 0.29) is 5.56 Å². The van der Waals surface area contributed by atoms with E-state index in [0.29, 0.717) is 36.6 Å². The number of carbonyl (C=O) groups excluding carboxylic acids is 1. The number of benzene rings is 2. The van der Waals surface area contributed by atoms with Crippen LogP contribution in [-0.4, -0.2) is 78.9 Å². The Balaban J connectivity index is 2.22. The SMILES string of the molecule is CCCCCCOc1ccc(C(=O)Oc2ccc(OCC(F)(F)C(F)(F)C(F)(F)C(F)(F)C(F)(F)C(F)(F)C(F)(F)C(F)(F)C(F)(F)C(F)F)cc2)cc1. The Hall–Kier alpha value is -3.89. The highest BCUT2D eigenvalue weighted by molar-refractivity contribution is 5.91. The fourth-order valence-corrected chi connectivity index (χ4v) is 4.00. The molecule has 0 unspecified atom stereocenters. The van der Waals surface area contributed by atoms with Crippen molar-refractivity contribution in [3.8, 4) is 17.2 Å². The monoisotopic (exact) mass is 828 g/mol. The summed E-state index contributed by atoms with van der Waals surface area (Å²) in [4.78, 5) is 12.3. The van der Waals surface area contributed by atoms with Crippen molar-refractivity contribution < 1.29 is 107 Å². The highest BCUT2D eigenvalue weighted by Crippen LogP contribution is 2.65. The number of carbonyl (C=O) groups is 1. The molecule has 2 rings (SSSR count). The number of hydrogen-bond donors (Lipinski definition) is 0. The van der Waals surface area contributed by atoms with E-state index in [9.17, 15) is 92.6 Å². The molecule has 0 bridgehead atoms. The Morgan fingerprint density at radius 3 is 1.35 bits per heavy atom. The van der Waals surface area contributed by atoms with Crippen molar-refractivity contribution in [2.75, 3.05) is 13.2 Å². The van der Waals surface area contributed by atoms with Crippen LogP contribution in [0.3, 0.4) is 0 Å². The van der Waals surface area contributed by atoms with E-state index in [1.165, 1.54) is 24.3 Å². The van der Waals surface area contributed by atoms with Gasteiger partial charge < -0.3 is 14.2 Å². The maximum Gasteiger partial charge on any atom is 0.385 e. The minimum Gasteiger partial charge on any atom is -0.494 e. The normalized spacial score (nSPS) is 14.3. The molecule has 308 valence electrons. The van der Waals surface area contributed by atoms with Gasteiger partial charge in [0.1, 0.15) is 17.2 Å². The first-order valence-corrected chi connectivity index (χ1v) is 14.7. The molecular formula is C30H24F20O4. The first-order valence-electron chi connectivity index (χ1n) is 14.7. The molecule has 0 aliphatic carbocycles. The number of rotatable bonds is 20. The quantitative estimate of drug-likeness (QED) is 0.0577. The van der Waals surface area contributed by atoms with Crippen LogP contribution in [0.15, 0.2) is 48.5 Å². The number of unbranched alkanes of at least 4 members (excludes halogenated alkanes) is 3. The lowest BCUT2D eigenvalue weighted by atomic mass is 9.86. The second-order valence-electron chi connectivity index (χ2n) is 11.2. The number of esters is 1. The fourth-order valence-electron chi connectivity index (χ4n) is 4.00. The van der Waals surface area contributed by atoms with Crippen molar-refractivity contribution in [2.45, 2.75) is 92.3 Å². The van der Waals surface area contributed by atoms with E-state index in [1.54, 1.807) is 0 Å². The third-order valence-electron chi connectivity index (χ3n) is 7.33. The van der Waals surface area contributed by atoms with E-state index in [2.05, 4.69) is 4.74 Å². The molecule has 4 nitrogen and oxygen atoms in total. The number of hydrogen-bond acceptors (Lipinski definition) is 4. The van der Waals surface area contributed by atoms with Crippen LogP contribution in [0, 0.1) is 0 Å². The molecule has 0 aliphatic rings. The van der Waals surface area contributed by atoms with Crippen LogP contribution in [0.4, 0.5) is 87.8 Å². The molecule has 0 saturated heterocycles. The van der Waals surface area contributed by atoms with E-state index >= 15 is 0 Å². The van der Waals surface area contributed by atoms with E-state index < -0.39 is 83.8 Å². The van der Waals surface area contributed by atoms with Gasteiger partial charge in [-0.2, -0.15) is 79.0 Å². The standard InChI is InChI=1S/C30H24F20O4/c1-2-3-4-5-14-52-17-8-6-16(7-9-17)20(51)54-19-12-10-18(11-13-19)53-15-22(33,34)24(37,38)26(41,42)28(45,46)30(49,50)29(47,48)27(43,44)25(39,40)23(35,36)21(31)32/h6-13,21H,2-5,14-15H2,1H3. The van der Waals surface area contributed by atoms with Crippen molar-refractivity contribution in [2.24, 2.45) is 0 Å². The Morgan fingerprint density at radius 2 is 0.907 bits per heavy atom. The molecule has 0 N–H and O–H groups in total. The van der Waals surface area contributed by atoms with Gasteiger partial charge in [0.15, 0.2) is 6.61 Å². The fraction of sp³-hybridized carbons (Fsp3) is 0.567. The van der Waals surface area contributed by atoms with Gasteiger partial charge in [0.25, 0.3) is 0 Å². The van der Waals surface area contributed by atoms with Crippen molar-refractivity contribution in [3.05, 3.63) is 54.1 Å². The van der Waals surface area contributed by atoms with E-state index in [4.69, 9.17) is 9.47 Å². The molecule has 0 saturated carbocycles. The first kappa shape index (κ1) is 46.3. The second kappa shape index (κ2) is 15.7. The summed E-state index contributed by atoms with van der Waals surface area (Å²) in [5, 5.41) is 0. The summed E-state index contributed by atoms with van der Waals surface area (Å²) in [6.45, 7) is -0.835. The van der Waals surface area contributed by atoms with Crippen LogP contribution in [0.25, 0.3) is 0 Å². The number of halogens is 20. The first-order chi connectivity index (χ1) is 24.3. The lowest BCUT2D eigenvalue weighted by Gasteiger charge is -2.44. The van der Waals surface area contributed by atoms with Gasteiger partial charge in [-0.25, -0.2) is 13.6 Å². The topological polar surface area (TPSA) is 44.8 Å². The van der Waals surface area contributed by atoms with Crippen molar-refractivity contribution >= 4 is 5.97 Å². The van der Waals surface area contributed by atoms with Crippen LogP contribution >= 0.6 is 0 Å². The maximum absolute atomic E-state index is 14.2. The van der Waals surface area contributed by atoms with Crippen molar-refractivity contribution in [1.29, 1.82) is 0 Å². The van der Waals surface area contributed by atoms with E-state index in [1.807, 2.05) is 6.92 Å². The number of ether oxygens (including phenoxy) is 3. The number of alkyl halides is 20. The Morgan fingerprint density at radius 1 is 0.519 bits per heavy atom. The minimum atomic E-state index is -9.09. The molecule has 24 heteroatoms. The van der Waals surface area contributed by atoms with Gasteiger partial charge in [0.05, 0.1) is 12.2 Å². The summed E-state index contributed by atoms with van der Waals surface area (Å²) in [5.74, 6) is -78.0. The zero-order valence-electron chi connectivity index (χ0n) is 26.6. The molecule has 0 spiro atoms. The molecule has 2 aromatic carbocycles. The largest absolute Gasteiger partial charge is 0.494 e. The van der Waals surface area contributed by atoms with Gasteiger partial charge in [-0.3, -0.25) is 0 Å². The molecule has 0 aliphatic heterocycles. The molecule has 0 amide bonds. The molecular weight excluding hydrogens is 804 g/mol. The minimum absolute atomic E-state index is 0.0693. The lowest BCUT2D eigenvalue weighted by molar-refractivity contribution is -0.465. The predicted octanol–water partition coefficient (Wildman–Crippen LogP) is 11.2. The molecule has 0 aromatic heterocycles. The van der Waals surface area contributed by atoms with Crippen molar-refractivity contribution in [3.63, 3.8) is 0 Å². The average Bonchev–Trinajstić information content (AvgIpc) is 3.07. The second-order valence-corrected chi connectivity index (χ2v) is 11.2. The van der Waals surface area contributed by atoms with Gasteiger partial charge in [-0.1, -0.05) is 26.2 Å². The third-order valence-corrected chi connectivity index (χ3v) is 7.33. The summed E-state index contributed by atoms with van der Waals surface area (Å²) in [6.07, 6.45) is -2.46. The molecule has 2 aromatic rings. The summed E-state index contributed by atoms with van der Waals surface area (Å²) in [7, 11) is 0. The molecule has 0 heterocycles. The Kier molecular flexibility index (Phi) is 13.4. The maximum atomic E-state index is 14.2. The Labute approximate surface area is 290 Å². The highest BCUT2D eigenvalue weighted by atomic mass is 19.4. The summed E-state index contributed by atoms with van der Waals surface area (Å²) >= 11 is 0.